The third-order valence-electron chi connectivity index (χ3n) is 3.35. The summed E-state index contributed by atoms with van der Waals surface area (Å²) >= 11 is 0. The van der Waals surface area contributed by atoms with Crippen LogP contribution in [0.2, 0.25) is 0 Å². The molecule has 0 atom stereocenters. The van der Waals surface area contributed by atoms with E-state index in [2.05, 4.69) is 6.92 Å². The first-order valence-electron chi connectivity index (χ1n) is 7.02. The summed E-state index contributed by atoms with van der Waals surface area (Å²) < 4.78 is 32.1. The molecule has 0 aliphatic carbocycles. The molecule has 1 rings (SSSR count). The first-order valence-corrected chi connectivity index (χ1v) is 8.46. The van der Waals surface area contributed by atoms with Gasteiger partial charge >= 0.3 is 0 Å². The predicted octanol–water partition coefficient (Wildman–Crippen LogP) is 4.14. The summed E-state index contributed by atoms with van der Waals surface area (Å²) in [4.78, 5) is 0.101. The Bertz CT molecular complexity index is 492. The number of hydrogen-bond acceptors (Lipinski definition) is 2. The molecule has 19 heavy (non-hydrogen) atoms. The van der Waals surface area contributed by atoms with E-state index in [0.717, 1.165) is 18.4 Å². The molecule has 0 saturated carbocycles. The lowest BCUT2D eigenvalue weighted by Crippen LogP contribution is -2.05. The van der Waals surface area contributed by atoms with Crippen molar-refractivity contribution in [2.24, 2.45) is 0 Å². The highest BCUT2D eigenvalue weighted by molar-refractivity contribution is 7.86. The largest absolute Gasteiger partial charge is 0.295 e. The molecule has 0 bridgehead atoms. The minimum atomic E-state index is -4.12. The van der Waals surface area contributed by atoms with E-state index in [9.17, 15) is 13.0 Å². The van der Waals surface area contributed by atoms with Crippen molar-refractivity contribution in [3.05, 3.63) is 29.3 Å². The highest BCUT2D eigenvalue weighted by atomic mass is 32.2. The fourth-order valence-electron chi connectivity index (χ4n) is 2.37. The maximum Gasteiger partial charge on any atom is 0.295 e. The Hall–Kier alpha value is -0.870. The molecule has 4 heteroatoms. The van der Waals surface area contributed by atoms with E-state index >= 15 is 0 Å². The number of rotatable bonds is 8. The van der Waals surface area contributed by atoms with Gasteiger partial charge in [0.25, 0.3) is 10.1 Å². The van der Waals surface area contributed by atoms with Crippen LogP contribution in [-0.4, -0.2) is 13.0 Å². The van der Waals surface area contributed by atoms with Gasteiger partial charge in [0, 0.05) is 0 Å². The Morgan fingerprint density at radius 2 is 1.68 bits per heavy atom. The van der Waals surface area contributed by atoms with Gasteiger partial charge < -0.3 is 0 Å². The van der Waals surface area contributed by atoms with Gasteiger partial charge in [-0.05, 0) is 30.9 Å². The molecule has 1 aromatic rings. The molecule has 0 aliphatic heterocycles. The van der Waals surface area contributed by atoms with E-state index in [-0.39, 0.29) is 4.90 Å². The molecule has 0 spiro atoms. The van der Waals surface area contributed by atoms with Crippen LogP contribution in [0.1, 0.15) is 56.6 Å². The number of unbranched alkanes of at least 4 members (excludes halogenated alkanes) is 5. The molecule has 0 amide bonds. The van der Waals surface area contributed by atoms with Crippen molar-refractivity contribution in [1.82, 2.24) is 0 Å². The number of aryl methyl sites for hydroxylation is 2. The molecule has 0 fully saturated rings. The molecule has 0 saturated heterocycles. The quantitative estimate of drug-likeness (QED) is 0.576. The lowest BCUT2D eigenvalue weighted by Gasteiger charge is -2.09. The van der Waals surface area contributed by atoms with Gasteiger partial charge in [-0.1, -0.05) is 57.2 Å². The van der Waals surface area contributed by atoms with Crippen LogP contribution in [0.25, 0.3) is 0 Å². The molecule has 108 valence electrons. The molecule has 1 N–H and O–H groups in total. The fraction of sp³-hybridized carbons (Fsp3) is 0.600. The van der Waals surface area contributed by atoms with Crippen molar-refractivity contribution < 1.29 is 13.0 Å². The van der Waals surface area contributed by atoms with Crippen molar-refractivity contribution in [2.45, 2.75) is 63.7 Å². The Labute approximate surface area is 116 Å². The topological polar surface area (TPSA) is 54.4 Å². The SMILES string of the molecule is CCCCCCCCc1cccc(C)c1S(=O)(=O)O. The van der Waals surface area contributed by atoms with Crippen LogP contribution < -0.4 is 0 Å². The van der Waals surface area contributed by atoms with Crippen LogP contribution in [0.3, 0.4) is 0 Å². The standard InChI is InChI=1S/C15H24O3S/c1-3-4-5-6-7-8-11-14-12-9-10-13(2)15(14)19(16,17)18/h9-10,12H,3-8,11H2,1-2H3,(H,16,17,18). The minimum Gasteiger partial charge on any atom is -0.282 e. The Kier molecular flexibility index (Phi) is 6.52. The average molecular weight is 284 g/mol. The lowest BCUT2D eigenvalue weighted by atomic mass is 10.0. The average Bonchev–Trinajstić information content (AvgIpc) is 2.32. The number of benzene rings is 1. The predicted molar refractivity (Wildman–Crippen MR) is 78.1 cm³/mol. The van der Waals surface area contributed by atoms with E-state index in [4.69, 9.17) is 0 Å². The third kappa shape index (κ3) is 5.33. The van der Waals surface area contributed by atoms with Gasteiger partial charge in [-0.2, -0.15) is 8.42 Å². The van der Waals surface area contributed by atoms with Gasteiger partial charge in [0.05, 0.1) is 4.90 Å². The highest BCUT2D eigenvalue weighted by Gasteiger charge is 2.17. The summed E-state index contributed by atoms with van der Waals surface area (Å²) in [5.41, 5.74) is 1.35. The van der Waals surface area contributed by atoms with Crippen molar-refractivity contribution in [1.29, 1.82) is 0 Å². The van der Waals surface area contributed by atoms with Crippen LogP contribution >= 0.6 is 0 Å². The van der Waals surface area contributed by atoms with Crippen LogP contribution in [-0.2, 0) is 16.5 Å². The van der Waals surface area contributed by atoms with Crippen molar-refractivity contribution in [2.75, 3.05) is 0 Å². The fourth-order valence-corrected chi connectivity index (χ4v) is 3.35. The van der Waals surface area contributed by atoms with Gasteiger partial charge in [0.2, 0.25) is 0 Å². The third-order valence-corrected chi connectivity index (χ3v) is 4.45. The maximum absolute atomic E-state index is 11.4. The molecule has 0 unspecified atom stereocenters. The zero-order chi connectivity index (χ0) is 14.3. The van der Waals surface area contributed by atoms with Crippen molar-refractivity contribution in [3.8, 4) is 0 Å². The van der Waals surface area contributed by atoms with Crippen LogP contribution in [0.4, 0.5) is 0 Å². The monoisotopic (exact) mass is 284 g/mol. The van der Waals surface area contributed by atoms with E-state index in [1.165, 1.54) is 25.7 Å². The zero-order valence-corrected chi connectivity index (χ0v) is 12.7. The van der Waals surface area contributed by atoms with Crippen molar-refractivity contribution >= 4 is 10.1 Å². The zero-order valence-electron chi connectivity index (χ0n) is 11.9. The molecule has 1 aromatic carbocycles. The summed E-state index contributed by atoms with van der Waals surface area (Å²) in [6.45, 7) is 3.90. The van der Waals surface area contributed by atoms with E-state index in [0.29, 0.717) is 12.0 Å². The molecule has 0 aromatic heterocycles. The van der Waals surface area contributed by atoms with Crippen molar-refractivity contribution in [3.63, 3.8) is 0 Å². The second-order valence-corrected chi connectivity index (χ2v) is 6.41. The van der Waals surface area contributed by atoms with E-state index in [1.54, 1.807) is 19.1 Å². The second-order valence-electron chi connectivity index (χ2n) is 5.06. The summed E-state index contributed by atoms with van der Waals surface area (Å²) in [5, 5.41) is 0. The lowest BCUT2D eigenvalue weighted by molar-refractivity contribution is 0.481. The first kappa shape index (κ1) is 16.2. The maximum atomic E-state index is 11.4. The summed E-state index contributed by atoms with van der Waals surface area (Å²) in [5.74, 6) is 0. The summed E-state index contributed by atoms with van der Waals surface area (Å²) in [7, 11) is -4.12. The normalized spacial score (nSPS) is 11.7. The summed E-state index contributed by atoms with van der Waals surface area (Å²) in [6.07, 6.45) is 7.72. The van der Waals surface area contributed by atoms with Crippen LogP contribution in [0.5, 0.6) is 0 Å². The second kappa shape index (κ2) is 7.65. The minimum absolute atomic E-state index is 0.101. The van der Waals surface area contributed by atoms with Gasteiger partial charge in [-0.15, -0.1) is 0 Å². The van der Waals surface area contributed by atoms with Gasteiger partial charge in [-0.3, -0.25) is 4.55 Å². The molecule has 0 radical (unpaired) electrons. The molecule has 3 nitrogen and oxygen atoms in total. The molecule has 0 heterocycles. The first-order chi connectivity index (χ1) is 8.96. The molecular formula is C15H24O3S. The summed E-state index contributed by atoms with van der Waals surface area (Å²) in [6, 6.07) is 5.35. The van der Waals surface area contributed by atoms with E-state index < -0.39 is 10.1 Å². The smallest absolute Gasteiger partial charge is 0.282 e. The molecular weight excluding hydrogens is 260 g/mol. The Balaban J connectivity index is 2.62. The van der Waals surface area contributed by atoms with Gasteiger partial charge in [-0.25, -0.2) is 0 Å². The van der Waals surface area contributed by atoms with Gasteiger partial charge in [0.15, 0.2) is 0 Å². The Morgan fingerprint density at radius 1 is 1.05 bits per heavy atom. The number of hydrogen-bond donors (Lipinski definition) is 1. The van der Waals surface area contributed by atoms with Crippen LogP contribution in [0.15, 0.2) is 23.1 Å². The van der Waals surface area contributed by atoms with Crippen LogP contribution in [0, 0.1) is 6.92 Å². The Morgan fingerprint density at radius 3 is 2.32 bits per heavy atom. The van der Waals surface area contributed by atoms with E-state index in [1.807, 2.05) is 6.07 Å². The highest BCUT2D eigenvalue weighted by Crippen LogP contribution is 2.22. The van der Waals surface area contributed by atoms with Gasteiger partial charge in [0.1, 0.15) is 0 Å². The molecule has 0 aliphatic rings.